The minimum absolute atomic E-state index is 0.585. The Morgan fingerprint density at radius 3 is 2.85 bits per heavy atom. The smallest absolute Gasteiger partial charge is 0.0897 e. The maximum absolute atomic E-state index is 8.26. The van der Waals surface area contributed by atoms with Crippen molar-refractivity contribution in [3.05, 3.63) is 47.9 Å². The van der Waals surface area contributed by atoms with Gasteiger partial charge >= 0.3 is 0 Å². The summed E-state index contributed by atoms with van der Waals surface area (Å²) in [4.78, 5) is 10.1. The number of nitrogens with zero attached hydrogens (tertiary/aromatic N) is 4. The highest BCUT2D eigenvalue weighted by Gasteiger charge is 2.06. The topological polar surface area (TPSA) is 61.7 Å². The number of aryl methyl sites for hydroxylation is 5. The molecule has 4 nitrogen and oxygen atoms in total. The van der Waals surface area contributed by atoms with Crippen LogP contribution in [-0.4, -0.2) is 11.5 Å². The van der Waals surface area contributed by atoms with Gasteiger partial charge in [0.25, 0.3) is 0 Å². The zero-order valence-corrected chi connectivity index (χ0v) is 13.4. The molecule has 0 saturated carbocycles. The molecule has 2 heterocycles. The summed E-state index contributed by atoms with van der Waals surface area (Å²) in [5.74, 6) is 0. The second-order valence-electron chi connectivity index (χ2n) is 4.73. The second kappa shape index (κ2) is 7.43. The number of hydrogen-bond donors (Lipinski definition) is 0. The van der Waals surface area contributed by atoms with Gasteiger partial charge in [-0.05, 0) is 56.7 Å². The molecule has 0 aliphatic heterocycles. The summed E-state index contributed by atoms with van der Waals surface area (Å²) in [6, 6.07) is 2.28. The molecular weight excluding hydrogens is 288 g/mol. The van der Waals surface area contributed by atoms with Crippen molar-refractivity contribution in [3.8, 4) is 0 Å². The molecule has 0 radical (unpaired) electrons. The Bertz CT molecular complexity index is 608. The molecule has 2 aromatic rings. The number of thiophene rings is 1. The summed E-state index contributed by atoms with van der Waals surface area (Å²) in [6.07, 6.45) is 4.01. The fourth-order valence-corrected chi connectivity index (χ4v) is 3.96. The highest BCUT2D eigenvalue weighted by atomic mass is 32.1. The quantitative estimate of drug-likeness (QED) is 0.312. The van der Waals surface area contributed by atoms with Gasteiger partial charge < -0.3 is 0 Å². The Balaban J connectivity index is 1.88. The molecular formula is C14H18N4S2. The van der Waals surface area contributed by atoms with Crippen molar-refractivity contribution in [2.75, 3.05) is 6.54 Å². The lowest BCUT2D eigenvalue weighted by Crippen LogP contribution is -1.88. The van der Waals surface area contributed by atoms with Gasteiger partial charge in [-0.25, -0.2) is 4.98 Å². The predicted molar refractivity (Wildman–Crippen MR) is 85.6 cm³/mol. The van der Waals surface area contributed by atoms with Crippen LogP contribution in [0.2, 0.25) is 0 Å². The third-order valence-corrected chi connectivity index (χ3v) is 5.27. The van der Waals surface area contributed by atoms with E-state index in [0.29, 0.717) is 6.54 Å². The van der Waals surface area contributed by atoms with Crippen molar-refractivity contribution in [1.82, 2.24) is 4.98 Å². The molecule has 0 bridgehead atoms. The van der Waals surface area contributed by atoms with E-state index >= 15 is 0 Å². The Morgan fingerprint density at radius 2 is 2.15 bits per heavy atom. The molecule has 0 aliphatic rings. The fourth-order valence-electron chi connectivity index (χ4n) is 2.09. The highest BCUT2D eigenvalue weighted by Crippen LogP contribution is 2.25. The standard InChI is InChI=1S/C14H18N4S2/c1-10-8-13(6-5-12-9-19-11(2)17-12)20-14(10)4-3-7-16-18-15/h8-9H,3-7H2,1-2H3. The van der Waals surface area contributed by atoms with E-state index in [1.165, 1.54) is 21.0 Å². The summed E-state index contributed by atoms with van der Waals surface area (Å²) < 4.78 is 0. The summed E-state index contributed by atoms with van der Waals surface area (Å²) in [5.41, 5.74) is 10.8. The summed E-state index contributed by atoms with van der Waals surface area (Å²) in [6.45, 7) is 4.79. The first kappa shape index (κ1) is 15.0. The van der Waals surface area contributed by atoms with Crippen molar-refractivity contribution in [2.45, 2.75) is 39.5 Å². The van der Waals surface area contributed by atoms with E-state index in [0.717, 1.165) is 30.7 Å². The average Bonchev–Trinajstić information content (AvgIpc) is 2.99. The van der Waals surface area contributed by atoms with Gasteiger partial charge in [0.1, 0.15) is 0 Å². The van der Waals surface area contributed by atoms with Crippen LogP contribution in [0.3, 0.4) is 0 Å². The molecule has 20 heavy (non-hydrogen) atoms. The van der Waals surface area contributed by atoms with E-state index < -0.39 is 0 Å². The van der Waals surface area contributed by atoms with Crippen molar-refractivity contribution in [1.29, 1.82) is 0 Å². The lowest BCUT2D eigenvalue weighted by molar-refractivity contribution is 0.834. The van der Waals surface area contributed by atoms with Gasteiger partial charge in [-0.1, -0.05) is 5.11 Å². The first-order valence-corrected chi connectivity index (χ1v) is 8.38. The minimum Gasteiger partial charge on any atom is -0.247 e. The van der Waals surface area contributed by atoms with Crippen LogP contribution in [-0.2, 0) is 19.3 Å². The number of rotatable bonds is 7. The molecule has 0 aromatic carbocycles. The fraction of sp³-hybridized carbons (Fsp3) is 0.500. The second-order valence-corrected chi connectivity index (χ2v) is 7.02. The van der Waals surface area contributed by atoms with E-state index in [1.54, 1.807) is 11.3 Å². The Kier molecular flexibility index (Phi) is 5.59. The molecule has 106 valence electrons. The van der Waals surface area contributed by atoms with Gasteiger partial charge in [-0.2, -0.15) is 0 Å². The lowest BCUT2D eigenvalue weighted by Gasteiger charge is -1.96. The van der Waals surface area contributed by atoms with Crippen LogP contribution < -0.4 is 0 Å². The van der Waals surface area contributed by atoms with Crippen LogP contribution in [0.1, 0.15) is 32.4 Å². The van der Waals surface area contributed by atoms with E-state index in [9.17, 15) is 0 Å². The third-order valence-electron chi connectivity index (χ3n) is 3.09. The van der Waals surface area contributed by atoms with Crippen LogP contribution >= 0.6 is 22.7 Å². The molecule has 0 aliphatic carbocycles. The van der Waals surface area contributed by atoms with Crippen LogP contribution in [0.5, 0.6) is 0 Å². The summed E-state index contributed by atoms with van der Waals surface area (Å²) >= 11 is 3.60. The van der Waals surface area contributed by atoms with Gasteiger partial charge in [0.05, 0.1) is 10.7 Å². The van der Waals surface area contributed by atoms with E-state index in [-0.39, 0.29) is 0 Å². The van der Waals surface area contributed by atoms with Gasteiger partial charge in [-0.15, -0.1) is 22.7 Å². The molecule has 0 atom stereocenters. The van der Waals surface area contributed by atoms with Gasteiger partial charge in [0, 0.05) is 26.6 Å². The molecule has 0 unspecified atom stereocenters. The highest BCUT2D eigenvalue weighted by molar-refractivity contribution is 7.12. The number of aromatic nitrogens is 1. The molecule has 0 saturated heterocycles. The Morgan fingerprint density at radius 1 is 1.30 bits per heavy atom. The van der Waals surface area contributed by atoms with Crippen LogP contribution in [0, 0.1) is 13.8 Å². The lowest BCUT2D eigenvalue weighted by atomic mass is 10.1. The van der Waals surface area contributed by atoms with Crippen molar-refractivity contribution < 1.29 is 0 Å². The van der Waals surface area contributed by atoms with Crippen LogP contribution in [0.15, 0.2) is 16.6 Å². The van der Waals surface area contributed by atoms with Gasteiger partial charge in [0.2, 0.25) is 0 Å². The molecule has 6 heteroatoms. The number of azide groups is 1. The molecule has 0 spiro atoms. The molecule has 0 amide bonds. The average molecular weight is 306 g/mol. The maximum Gasteiger partial charge on any atom is 0.0897 e. The van der Waals surface area contributed by atoms with Crippen molar-refractivity contribution in [3.63, 3.8) is 0 Å². The molecule has 0 fully saturated rings. The maximum atomic E-state index is 8.26. The first-order valence-electron chi connectivity index (χ1n) is 6.69. The van der Waals surface area contributed by atoms with Crippen molar-refractivity contribution >= 4 is 22.7 Å². The van der Waals surface area contributed by atoms with Gasteiger partial charge in [0.15, 0.2) is 0 Å². The SMILES string of the molecule is Cc1nc(CCc2cc(C)c(CCCN=[N+]=[N-])s2)cs1. The molecule has 0 N–H and O–H groups in total. The normalized spacial score (nSPS) is 10.5. The van der Waals surface area contributed by atoms with Crippen molar-refractivity contribution in [2.24, 2.45) is 5.11 Å². The van der Waals surface area contributed by atoms with E-state index in [2.05, 4.69) is 33.4 Å². The Hall–Kier alpha value is -1.36. The Labute approximate surface area is 127 Å². The van der Waals surface area contributed by atoms with Crippen LogP contribution in [0.25, 0.3) is 10.4 Å². The van der Waals surface area contributed by atoms with E-state index in [1.807, 2.05) is 18.3 Å². The molecule has 2 rings (SSSR count). The van der Waals surface area contributed by atoms with Crippen LogP contribution in [0.4, 0.5) is 0 Å². The zero-order chi connectivity index (χ0) is 14.4. The largest absolute Gasteiger partial charge is 0.247 e. The number of thiazole rings is 1. The minimum atomic E-state index is 0.585. The van der Waals surface area contributed by atoms with E-state index in [4.69, 9.17) is 5.53 Å². The first-order chi connectivity index (χ1) is 9.69. The monoisotopic (exact) mass is 306 g/mol. The third kappa shape index (κ3) is 4.34. The molecule has 2 aromatic heterocycles. The summed E-state index contributed by atoms with van der Waals surface area (Å²) in [5, 5.41) is 6.87. The van der Waals surface area contributed by atoms with Gasteiger partial charge in [-0.3, -0.25) is 0 Å². The zero-order valence-electron chi connectivity index (χ0n) is 11.8. The summed E-state index contributed by atoms with van der Waals surface area (Å²) in [7, 11) is 0. The number of hydrogen-bond acceptors (Lipinski definition) is 4. The predicted octanol–water partition coefficient (Wildman–Crippen LogP) is 4.85.